The molecule has 1 aromatic rings. The van der Waals surface area contributed by atoms with Crippen molar-refractivity contribution < 1.29 is 4.39 Å². The van der Waals surface area contributed by atoms with Gasteiger partial charge in [0, 0.05) is 11.0 Å². The molecule has 0 aliphatic rings. The number of rotatable bonds is 3. The second kappa shape index (κ2) is 4.18. The first-order valence-corrected chi connectivity index (χ1v) is 4.24. The van der Waals surface area contributed by atoms with Gasteiger partial charge < -0.3 is 11.1 Å². The summed E-state index contributed by atoms with van der Waals surface area (Å²) in [4.78, 5) is 7.34. The molecule has 1 rings (SSSR count). The Labute approximate surface area is 83.2 Å². The average molecular weight is 247 g/mol. The van der Waals surface area contributed by atoms with Crippen molar-refractivity contribution >= 4 is 27.7 Å². The molecule has 0 fully saturated rings. The fourth-order valence-electron chi connectivity index (χ4n) is 0.640. The lowest BCUT2D eigenvalue weighted by Gasteiger charge is -2.03. The van der Waals surface area contributed by atoms with Gasteiger partial charge in [0.05, 0.1) is 6.20 Å². The summed E-state index contributed by atoms with van der Waals surface area (Å²) in [6.45, 7) is 4.07. The maximum absolute atomic E-state index is 12.6. The second-order valence-corrected chi connectivity index (χ2v) is 3.42. The summed E-state index contributed by atoms with van der Waals surface area (Å²) < 4.78 is 13.3. The molecule has 0 saturated heterocycles. The Balaban J connectivity index is 2.68. The number of nitrogens with zero attached hydrogens (tertiary/aromatic N) is 2. The molecule has 0 amide bonds. The molecule has 0 radical (unpaired) electrons. The normalized spacial score (nSPS) is 9.69. The zero-order valence-electron chi connectivity index (χ0n) is 6.72. The van der Waals surface area contributed by atoms with E-state index in [2.05, 4.69) is 37.8 Å². The van der Waals surface area contributed by atoms with Gasteiger partial charge in [0.1, 0.15) is 0 Å². The highest BCUT2D eigenvalue weighted by Gasteiger charge is 2.01. The van der Waals surface area contributed by atoms with Gasteiger partial charge in [-0.05, 0) is 0 Å². The van der Waals surface area contributed by atoms with Crippen LogP contribution in [0.2, 0.25) is 0 Å². The number of nitrogens with two attached hydrogens (primary N) is 1. The van der Waals surface area contributed by atoms with Crippen LogP contribution in [0.5, 0.6) is 0 Å². The van der Waals surface area contributed by atoms with Gasteiger partial charge >= 0.3 is 0 Å². The van der Waals surface area contributed by atoms with Gasteiger partial charge in [-0.15, -0.1) is 0 Å². The summed E-state index contributed by atoms with van der Waals surface area (Å²) in [5.74, 6) is -0.514. The Hall–Kier alpha value is -1.17. The van der Waals surface area contributed by atoms with E-state index >= 15 is 0 Å². The number of aromatic nitrogens is 2. The molecule has 0 bridgehead atoms. The summed E-state index contributed by atoms with van der Waals surface area (Å²) in [6, 6.07) is 0. The molecule has 0 saturated carbocycles. The third-order valence-corrected chi connectivity index (χ3v) is 1.49. The largest absolute Gasteiger partial charge is 0.381 e. The lowest BCUT2D eigenvalue weighted by Crippen LogP contribution is -2.07. The van der Waals surface area contributed by atoms with Crippen LogP contribution in [0.4, 0.5) is 16.2 Å². The van der Waals surface area contributed by atoms with E-state index in [4.69, 9.17) is 5.73 Å². The Kier molecular flexibility index (Phi) is 3.18. The molecule has 0 aliphatic carbocycles. The Bertz CT molecular complexity index is 328. The van der Waals surface area contributed by atoms with Crippen molar-refractivity contribution in [2.24, 2.45) is 0 Å². The molecular weight excluding hydrogens is 239 g/mol. The lowest BCUT2D eigenvalue weighted by molar-refractivity contribution is 0.620. The van der Waals surface area contributed by atoms with E-state index in [0.29, 0.717) is 6.54 Å². The van der Waals surface area contributed by atoms with Crippen LogP contribution in [0.3, 0.4) is 0 Å². The van der Waals surface area contributed by atoms with Crippen LogP contribution in [0, 0.1) is 5.82 Å². The smallest absolute Gasteiger partial charge is 0.225 e. The minimum Gasteiger partial charge on any atom is -0.381 e. The van der Waals surface area contributed by atoms with E-state index in [-0.39, 0.29) is 11.8 Å². The predicted molar refractivity (Wildman–Crippen MR) is 53.0 cm³/mol. The quantitative estimate of drug-likeness (QED) is 0.849. The van der Waals surface area contributed by atoms with Crippen molar-refractivity contribution in [2.45, 2.75) is 0 Å². The number of halogens is 2. The van der Waals surface area contributed by atoms with Gasteiger partial charge in [0.15, 0.2) is 11.6 Å². The van der Waals surface area contributed by atoms with Crippen LogP contribution in [0.1, 0.15) is 0 Å². The molecule has 0 spiro atoms. The molecule has 0 atom stereocenters. The second-order valence-electron chi connectivity index (χ2n) is 2.30. The first-order chi connectivity index (χ1) is 6.09. The van der Waals surface area contributed by atoms with Gasteiger partial charge in [0.25, 0.3) is 0 Å². The number of hydrogen-bond donors (Lipinski definition) is 2. The minimum absolute atomic E-state index is 0.169. The van der Waals surface area contributed by atoms with Crippen LogP contribution >= 0.6 is 15.9 Å². The lowest BCUT2D eigenvalue weighted by atomic mass is 10.5. The SMILES string of the molecule is C=C(Br)CNc1ncc(F)c(N)n1. The van der Waals surface area contributed by atoms with Crippen LogP contribution in [-0.4, -0.2) is 16.5 Å². The fraction of sp³-hybridized carbons (Fsp3) is 0.143. The standard InChI is InChI=1S/C7H8BrFN4/c1-4(8)2-11-7-12-3-5(9)6(10)13-7/h3H,1-2H2,(H3,10,11,12,13). The Morgan fingerprint density at radius 3 is 3.00 bits per heavy atom. The molecule has 0 aliphatic heterocycles. The monoisotopic (exact) mass is 246 g/mol. The van der Waals surface area contributed by atoms with Crippen molar-refractivity contribution in [1.82, 2.24) is 9.97 Å². The maximum atomic E-state index is 12.6. The summed E-state index contributed by atoms with van der Waals surface area (Å²) in [6.07, 6.45) is 1.02. The molecule has 6 heteroatoms. The van der Waals surface area contributed by atoms with Gasteiger partial charge in [-0.2, -0.15) is 4.98 Å². The Morgan fingerprint density at radius 2 is 2.46 bits per heavy atom. The molecule has 3 N–H and O–H groups in total. The minimum atomic E-state index is -0.622. The predicted octanol–water partition coefficient (Wildman–Crippen LogP) is 1.52. The van der Waals surface area contributed by atoms with Gasteiger partial charge in [-0.25, -0.2) is 9.37 Å². The zero-order chi connectivity index (χ0) is 9.84. The first kappa shape index (κ1) is 9.91. The number of nitrogens with one attached hydrogen (secondary N) is 1. The Morgan fingerprint density at radius 1 is 1.77 bits per heavy atom. The average Bonchev–Trinajstić information content (AvgIpc) is 2.07. The van der Waals surface area contributed by atoms with Crippen LogP contribution < -0.4 is 11.1 Å². The highest BCUT2D eigenvalue weighted by atomic mass is 79.9. The van der Waals surface area contributed by atoms with Crippen molar-refractivity contribution in [2.75, 3.05) is 17.6 Å². The molecule has 0 aromatic carbocycles. The summed E-state index contributed by atoms with van der Waals surface area (Å²) in [7, 11) is 0. The molecule has 70 valence electrons. The summed E-state index contributed by atoms with van der Waals surface area (Å²) in [5.41, 5.74) is 5.23. The zero-order valence-corrected chi connectivity index (χ0v) is 8.31. The van der Waals surface area contributed by atoms with E-state index in [0.717, 1.165) is 10.7 Å². The van der Waals surface area contributed by atoms with Gasteiger partial charge in [-0.1, -0.05) is 22.5 Å². The van der Waals surface area contributed by atoms with E-state index in [9.17, 15) is 4.39 Å². The molecule has 1 aromatic heterocycles. The molecule has 0 unspecified atom stereocenters. The van der Waals surface area contributed by atoms with Crippen molar-refractivity contribution in [3.63, 3.8) is 0 Å². The molecule has 4 nitrogen and oxygen atoms in total. The topological polar surface area (TPSA) is 63.8 Å². The third kappa shape index (κ3) is 2.98. The fourth-order valence-corrected chi connectivity index (χ4v) is 0.781. The van der Waals surface area contributed by atoms with E-state index < -0.39 is 5.82 Å². The third-order valence-electron chi connectivity index (χ3n) is 1.21. The van der Waals surface area contributed by atoms with E-state index in [1.807, 2.05) is 0 Å². The highest BCUT2D eigenvalue weighted by molar-refractivity contribution is 9.11. The number of hydrogen-bond acceptors (Lipinski definition) is 4. The van der Waals surface area contributed by atoms with Gasteiger partial charge in [0.2, 0.25) is 5.95 Å². The molecular formula is C7H8BrFN4. The molecule has 1 heterocycles. The summed E-state index contributed by atoms with van der Waals surface area (Å²) >= 11 is 3.15. The van der Waals surface area contributed by atoms with Crippen molar-refractivity contribution in [3.05, 3.63) is 23.1 Å². The van der Waals surface area contributed by atoms with Crippen molar-refractivity contribution in [3.8, 4) is 0 Å². The van der Waals surface area contributed by atoms with Crippen LogP contribution in [0.15, 0.2) is 17.3 Å². The molecule has 13 heavy (non-hydrogen) atoms. The van der Waals surface area contributed by atoms with Gasteiger partial charge in [-0.3, -0.25) is 0 Å². The summed E-state index contributed by atoms with van der Waals surface area (Å²) in [5, 5.41) is 2.80. The van der Waals surface area contributed by atoms with Crippen molar-refractivity contribution in [1.29, 1.82) is 0 Å². The van der Waals surface area contributed by atoms with E-state index in [1.165, 1.54) is 0 Å². The van der Waals surface area contributed by atoms with Crippen LogP contribution in [0.25, 0.3) is 0 Å². The number of nitrogen functional groups attached to an aromatic ring is 1. The number of anilines is 2. The highest BCUT2D eigenvalue weighted by Crippen LogP contribution is 2.08. The van der Waals surface area contributed by atoms with E-state index in [1.54, 1.807) is 0 Å². The first-order valence-electron chi connectivity index (χ1n) is 3.44. The maximum Gasteiger partial charge on any atom is 0.225 e. The van der Waals surface area contributed by atoms with Crippen LogP contribution in [-0.2, 0) is 0 Å².